The van der Waals surface area contributed by atoms with E-state index in [-0.39, 0.29) is 0 Å². The van der Waals surface area contributed by atoms with E-state index in [0.29, 0.717) is 0 Å². The third-order valence-electron chi connectivity index (χ3n) is 5.23. The van der Waals surface area contributed by atoms with Crippen LogP contribution in [0.2, 0.25) is 0 Å². The lowest BCUT2D eigenvalue weighted by molar-refractivity contribution is 0.198. The van der Waals surface area contributed by atoms with Crippen LogP contribution in [-0.2, 0) is 17.8 Å². The number of fused-ring (bicyclic) bond motifs is 2. The van der Waals surface area contributed by atoms with Gasteiger partial charge in [0.25, 0.3) is 0 Å². The van der Waals surface area contributed by atoms with Crippen LogP contribution in [0, 0.1) is 24.7 Å². The summed E-state index contributed by atoms with van der Waals surface area (Å²) < 4.78 is 7.51. The van der Waals surface area contributed by atoms with Gasteiger partial charge >= 0.3 is 0 Å². The minimum absolute atomic E-state index is 0.763. The van der Waals surface area contributed by atoms with Crippen LogP contribution in [0.3, 0.4) is 0 Å². The second-order valence-electron chi connectivity index (χ2n) is 6.51. The summed E-state index contributed by atoms with van der Waals surface area (Å²) in [6.07, 6.45) is 7.90. The van der Waals surface area contributed by atoms with E-state index < -0.39 is 0 Å². The van der Waals surface area contributed by atoms with Gasteiger partial charge in [-0.3, -0.25) is 0 Å². The highest BCUT2D eigenvalue weighted by Crippen LogP contribution is 2.48. The molecule has 3 atom stereocenters. The van der Waals surface area contributed by atoms with E-state index in [1.54, 1.807) is 7.11 Å². The van der Waals surface area contributed by atoms with Crippen molar-refractivity contribution in [2.45, 2.75) is 45.7 Å². The summed E-state index contributed by atoms with van der Waals surface area (Å²) >= 11 is 0. The molecular formula is C16H27N3O. The Labute approximate surface area is 121 Å². The molecule has 4 nitrogen and oxygen atoms in total. The molecule has 4 heteroatoms. The Morgan fingerprint density at radius 1 is 1.40 bits per heavy atom. The summed E-state index contributed by atoms with van der Waals surface area (Å²) in [5.74, 6) is 4.06. The molecule has 0 aliphatic heterocycles. The number of rotatable bonds is 7. The van der Waals surface area contributed by atoms with Crippen LogP contribution >= 0.6 is 0 Å². The molecule has 0 amide bonds. The summed E-state index contributed by atoms with van der Waals surface area (Å²) in [6, 6.07) is 0. The lowest BCUT2D eigenvalue weighted by Gasteiger charge is -2.23. The Morgan fingerprint density at radius 3 is 3.00 bits per heavy atom. The molecule has 2 fully saturated rings. The van der Waals surface area contributed by atoms with Crippen molar-refractivity contribution >= 4 is 0 Å². The predicted octanol–water partition coefficient (Wildman–Crippen LogP) is 2.36. The van der Waals surface area contributed by atoms with Crippen molar-refractivity contribution in [3.05, 3.63) is 17.7 Å². The van der Waals surface area contributed by atoms with Gasteiger partial charge in [0.1, 0.15) is 5.82 Å². The Balaban J connectivity index is 1.59. The van der Waals surface area contributed by atoms with Crippen molar-refractivity contribution in [1.29, 1.82) is 0 Å². The monoisotopic (exact) mass is 277 g/mol. The number of hydrogen-bond acceptors (Lipinski definition) is 3. The Bertz CT molecular complexity index is 443. The SMILES string of the molecule is COCCNCc1cnc(C)n1CC1CC2CCC1C2. The highest BCUT2D eigenvalue weighted by Gasteiger charge is 2.39. The van der Waals surface area contributed by atoms with Crippen molar-refractivity contribution < 1.29 is 4.74 Å². The molecule has 20 heavy (non-hydrogen) atoms. The van der Waals surface area contributed by atoms with Crippen molar-refractivity contribution in [3.8, 4) is 0 Å². The normalized spacial score (nSPS) is 28.4. The number of nitrogens with zero attached hydrogens (tertiary/aromatic N) is 2. The molecule has 112 valence electrons. The summed E-state index contributed by atoms with van der Waals surface area (Å²) in [5.41, 5.74) is 1.32. The zero-order chi connectivity index (χ0) is 13.9. The highest BCUT2D eigenvalue weighted by molar-refractivity contribution is 5.05. The third kappa shape index (κ3) is 2.91. The summed E-state index contributed by atoms with van der Waals surface area (Å²) in [4.78, 5) is 4.51. The van der Waals surface area contributed by atoms with Crippen molar-refractivity contribution in [2.75, 3.05) is 20.3 Å². The van der Waals surface area contributed by atoms with Crippen LogP contribution in [0.5, 0.6) is 0 Å². The van der Waals surface area contributed by atoms with Gasteiger partial charge in [-0.05, 0) is 43.9 Å². The minimum Gasteiger partial charge on any atom is -0.383 e. The fraction of sp³-hybridized carbons (Fsp3) is 0.812. The van der Waals surface area contributed by atoms with E-state index in [9.17, 15) is 0 Å². The number of nitrogens with one attached hydrogen (secondary N) is 1. The number of aromatic nitrogens is 2. The number of hydrogen-bond donors (Lipinski definition) is 1. The molecule has 3 unspecified atom stereocenters. The molecule has 3 rings (SSSR count). The van der Waals surface area contributed by atoms with E-state index in [1.807, 2.05) is 6.20 Å². The Morgan fingerprint density at radius 2 is 2.30 bits per heavy atom. The van der Waals surface area contributed by atoms with Crippen LogP contribution < -0.4 is 5.32 Å². The first kappa shape index (κ1) is 14.1. The number of imidazole rings is 1. The van der Waals surface area contributed by atoms with E-state index in [1.165, 1.54) is 37.9 Å². The first-order valence-corrected chi connectivity index (χ1v) is 7.98. The first-order chi connectivity index (χ1) is 9.78. The van der Waals surface area contributed by atoms with Gasteiger partial charge in [0.2, 0.25) is 0 Å². The lowest BCUT2D eigenvalue weighted by Crippen LogP contribution is -2.23. The van der Waals surface area contributed by atoms with Gasteiger partial charge in [0.15, 0.2) is 0 Å². The number of aryl methyl sites for hydroxylation is 1. The number of methoxy groups -OCH3 is 1. The summed E-state index contributed by atoms with van der Waals surface area (Å²) in [5, 5.41) is 3.43. The molecule has 0 aromatic carbocycles. The van der Waals surface area contributed by atoms with Crippen LogP contribution in [-0.4, -0.2) is 29.8 Å². The van der Waals surface area contributed by atoms with E-state index in [2.05, 4.69) is 21.8 Å². The second-order valence-corrected chi connectivity index (χ2v) is 6.51. The first-order valence-electron chi connectivity index (χ1n) is 7.98. The van der Waals surface area contributed by atoms with Gasteiger partial charge in [-0.2, -0.15) is 0 Å². The maximum Gasteiger partial charge on any atom is 0.105 e. The zero-order valence-electron chi connectivity index (χ0n) is 12.8. The topological polar surface area (TPSA) is 39.1 Å². The molecule has 2 aliphatic carbocycles. The molecule has 0 spiro atoms. The zero-order valence-corrected chi connectivity index (χ0v) is 12.8. The average molecular weight is 277 g/mol. The molecule has 2 saturated carbocycles. The van der Waals surface area contributed by atoms with Gasteiger partial charge in [0.05, 0.1) is 12.3 Å². The average Bonchev–Trinajstić information content (AvgIpc) is 3.14. The Kier molecular flexibility index (Phi) is 4.41. The third-order valence-corrected chi connectivity index (χ3v) is 5.23. The maximum absolute atomic E-state index is 5.07. The van der Waals surface area contributed by atoms with Crippen molar-refractivity contribution in [3.63, 3.8) is 0 Å². The van der Waals surface area contributed by atoms with Crippen molar-refractivity contribution in [2.24, 2.45) is 17.8 Å². The van der Waals surface area contributed by atoms with Crippen LogP contribution in [0.25, 0.3) is 0 Å². The predicted molar refractivity (Wildman–Crippen MR) is 79.5 cm³/mol. The molecule has 0 saturated heterocycles. The fourth-order valence-electron chi connectivity index (χ4n) is 4.13. The van der Waals surface area contributed by atoms with Gasteiger partial charge in [-0.1, -0.05) is 6.42 Å². The van der Waals surface area contributed by atoms with Gasteiger partial charge in [-0.25, -0.2) is 4.98 Å². The van der Waals surface area contributed by atoms with Crippen LogP contribution in [0.1, 0.15) is 37.2 Å². The van der Waals surface area contributed by atoms with Gasteiger partial charge in [-0.15, -0.1) is 0 Å². The molecule has 0 radical (unpaired) electrons. The standard InChI is InChI=1S/C16H27N3O/c1-12-18-10-16(9-17-5-6-20-2)19(12)11-15-8-13-3-4-14(15)7-13/h10,13-15,17H,3-9,11H2,1-2H3. The molecule has 1 heterocycles. The smallest absolute Gasteiger partial charge is 0.105 e. The quantitative estimate of drug-likeness (QED) is 0.778. The molecule has 2 aliphatic rings. The van der Waals surface area contributed by atoms with Gasteiger partial charge in [0, 0.05) is 32.9 Å². The van der Waals surface area contributed by atoms with E-state index in [4.69, 9.17) is 4.74 Å². The Hall–Kier alpha value is -0.870. The van der Waals surface area contributed by atoms with Gasteiger partial charge < -0.3 is 14.6 Å². The molecule has 2 bridgehead atoms. The summed E-state index contributed by atoms with van der Waals surface area (Å²) in [7, 11) is 1.74. The second kappa shape index (κ2) is 6.27. The molecule has 1 N–H and O–H groups in total. The highest BCUT2D eigenvalue weighted by atomic mass is 16.5. The molecular weight excluding hydrogens is 250 g/mol. The fourth-order valence-corrected chi connectivity index (χ4v) is 4.13. The van der Waals surface area contributed by atoms with Crippen LogP contribution in [0.15, 0.2) is 6.20 Å². The minimum atomic E-state index is 0.763. The number of ether oxygens (including phenoxy) is 1. The van der Waals surface area contributed by atoms with E-state index in [0.717, 1.165) is 43.3 Å². The molecule has 1 aromatic rings. The van der Waals surface area contributed by atoms with Crippen molar-refractivity contribution in [1.82, 2.24) is 14.9 Å². The summed E-state index contributed by atoms with van der Waals surface area (Å²) in [6.45, 7) is 5.86. The maximum atomic E-state index is 5.07. The largest absolute Gasteiger partial charge is 0.383 e. The van der Waals surface area contributed by atoms with E-state index >= 15 is 0 Å². The van der Waals surface area contributed by atoms with Crippen LogP contribution in [0.4, 0.5) is 0 Å². The lowest BCUT2D eigenvalue weighted by atomic mass is 9.89. The molecule has 1 aromatic heterocycles.